The molecule has 4 aromatic rings. The topological polar surface area (TPSA) is 128 Å². The number of hydrogen-bond acceptors (Lipinski definition) is 7. The highest BCUT2D eigenvalue weighted by Crippen LogP contribution is 2.45. The second kappa shape index (κ2) is 11.6. The lowest BCUT2D eigenvalue weighted by atomic mass is 9.93. The third-order valence-electron chi connectivity index (χ3n) is 6.19. The molecule has 8 nitrogen and oxygen atoms in total. The maximum absolute atomic E-state index is 14.7. The minimum Gasteiger partial charge on any atom is -0.480 e. The van der Waals surface area contributed by atoms with E-state index in [-0.39, 0.29) is 29.5 Å². The molecule has 0 spiro atoms. The molecule has 0 fully saturated rings. The molecular weight excluding hydrogens is 523 g/mol. The molecule has 5 N–H and O–H groups in total. The molecule has 0 unspecified atom stereocenters. The largest absolute Gasteiger partial charge is 0.480 e. The van der Waals surface area contributed by atoms with Crippen molar-refractivity contribution >= 4 is 17.6 Å². The number of nitrogen functional groups attached to an aromatic ring is 1. The highest BCUT2D eigenvalue weighted by Gasteiger charge is 2.46. The average molecular weight is 552 g/mol. The number of rotatable bonds is 9. The average Bonchev–Trinajstić information content (AvgIpc) is 2.91. The van der Waals surface area contributed by atoms with Crippen molar-refractivity contribution in [1.82, 2.24) is 9.97 Å². The van der Waals surface area contributed by atoms with Crippen LogP contribution >= 0.6 is 0 Å². The number of benzene rings is 3. The molecule has 0 aliphatic heterocycles. The molecule has 1 aromatic heterocycles. The Morgan fingerprint density at radius 3 is 2.25 bits per heavy atom. The van der Waals surface area contributed by atoms with Gasteiger partial charge >= 0.3 is 12.1 Å². The first-order valence-corrected chi connectivity index (χ1v) is 12.3. The van der Waals surface area contributed by atoms with Gasteiger partial charge in [-0.05, 0) is 29.2 Å². The standard InChI is InChI=1S/C29H28F3N5O3/c1-37(2)23-10-6-9-20(18-7-4-3-5-8-18)25(23)26(29(30,31)32)40-24-16-22(35-28(34)36-24)19-13-11-17(12-14-19)15-21(33)27(38)39/h3-14,16,21,26H,15,33H2,1-2H3,(H,38,39)(H2,34,35,36)/t21-,26+/m0/s1. The first-order chi connectivity index (χ1) is 18.9. The van der Waals surface area contributed by atoms with Gasteiger partial charge in [-0.15, -0.1) is 0 Å². The summed E-state index contributed by atoms with van der Waals surface area (Å²) in [6.07, 6.45) is -7.07. The van der Waals surface area contributed by atoms with E-state index in [0.29, 0.717) is 27.9 Å². The SMILES string of the molecule is CN(C)c1cccc(-c2ccccc2)c1[C@@H](Oc1cc(-c2ccc(C[C@H](N)C(=O)O)cc2)nc(N)n1)C(F)(F)F. The number of alkyl halides is 3. The molecule has 2 atom stereocenters. The number of aliphatic carboxylic acids is 1. The molecular formula is C29H28F3N5O3. The van der Waals surface area contributed by atoms with Crippen molar-refractivity contribution in [1.29, 1.82) is 0 Å². The molecule has 11 heteroatoms. The van der Waals surface area contributed by atoms with Crippen molar-refractivity contribution in [3.63, 3.8) is 0 Å². The maximum atomic E-state index is 14.7. The number of nitrogens with zero attached hydrogens (tertiary/aromatic N) is 3. The summed E-state index contributed by atoms with van der Waals surface area (Å²) in [5.41, 5.74) is 14.1. The van der Waals surface area contributed by atoms with Crippen molar-refractivity contribution in [3.05, 3.63) is 90.0 Å². The predicted octanol–water partition coefficient (Wildman–Crippen LogP) is 5.10. The van der Waals surface area contributed by atoms with Gasteiger partial charge in [-0.1, -0.05) is 66.7 Å². The van der Waals surface area contributed by atoms with Crippen LogP contribution in [0.15, 0.2) is 78.9 Å². The summed E-state index contributed by atoms with van der Waals surface area (Å²) in [4.78, 5) is 20.7. The zero-order valence-electron chi connectivity index (χ0n) is 21.8. The molecule has 0 bridgehead atoms. The van der Waals surface area contributed by atoms with Crippen LogP contribution < -0.4 is 21.1 Å². The third-order valence-corrected chi connectivity index (χ3v) is 6.19. The van der Waals surface area contributed by atoms with E-state index in [1.54, 1.807) is 91.8 Å². The first-order valence-electron chi connectivity index (χ1n) is 12.3. The lowest BCUT2D eigenvalue weighted by molar-refractivity contribution is -0.198. The number of nitrogens with two attached hydrogens (primary N) is 2. The van der Waals surface area contributed by atoms with E-state index in [9.17, 15) is 18.0 Å². The zero-order chi connectivity index (χ0) is 29.0. The van der Waals surface area contributed by atoms with Gasteiger partial charge in [0.15, 0.2) is 0 Å². The van der Waals surface area contributed by atoms with Crippen LogP contribution in [0.1, 0.15) is 17.2 Å². The van der Waals surface area contributed by atoms with Gasteiger partial charge in [-0.3, -0.25) is 4.79 Å². The Labute approximate surface area is 229 Å². The lowest BCUT2D eigenvalue weighted by Crippen LogP contribution is -2.32. The van der Waals surface area contributed by atoms with Crippen LogP contribution in [0.2, 0.25) is 0 Å². The normalized spacial score (nSPS) is 12.9. The number of ether oxygens (including phenoxy) is 1. The Hall–Kier alpha value is -4.64. The molecule has 0 radical (unpaired) electrons. The fourth-order valence-corrected chi connectivity index (χ4v) is 4.30. The van der Waals surface area contributed by atoms with Crippen LogP contribution in [0.5, 0.6) is 5.88 Å². The third kappa shape index (κ3) is 6.49. The van der Waals surface area contributed by atoms with Gasteiger partial charge in [-0.2, -0.15) is 18.2 Å². The van der Waals surface area contributed by atoms with Crippen molar-refractivity contribution in [2.45, 2.75) is 24.7 Å². The number of hydrogen-bond donors (Lipinski definition) is 3. The van der Waals surface area contributed by atoms with Crippen molar-refractivity contribution < 1.29 is 27.8 Å². The summed E-state index contributed by atoms with van der Waals surface area (Å²) >= 11 is 0. The molecule has 0 aliphatic rings. The molecule has 1 heterocycles. The summed E-state index contributed by atoms with van der Waals surface area (Å²) in [5.74, 6) is -1.75. The number of carboxylic acid groups (broad SMARTS) is 1. The molecule has 0 aliphatic carbocycles. The van der Waals surface area contributed by atoms with Crippen LogP contribution in [0, 0.1) is 0 Å². The van der Waals surface area contributed by atoms with Gasteiger partial charge in [0.25, 0.3) is 0 Å². The van der Waals surface area contributed by atoms with E-state index in [2.05, 4.69) is 9.97 Å². The van der Waals surface area contributed by atoms with Crippen molar-refractivity contribution in [3.8, 4) is 28.3 Å². The molecule has 40 heavy (non-hydrogen) atoms. The van der Waals surface area contributed by atoms with Crippen LogP contribution in [-0.4, -0.2) is 47.4 Å². The monoisotopic (exact) mass is 551 g/mol. The summed E-state index contributed by atoms with van der Waals surface area (Å²) in [6, 6.07) is 20.5. The van der Waals surface area contributed by atoms with Crippen LogP contribution in [0.25, 0.3) is 22.4 Å². The molecule has 208 valence electrons. The van der Waals surface area contributed by atoms with E-state index in [4.69, 9.17) is 21.3 Å². The molecule has 0 saturated heterocycles. The summed E-state index contributed by atoms with van der Waals surface area (Å²) in [7, 11) is 3.32. The van der Waals surface area contributed by atoms with Gasteiger partial charge in [0.1, 0.15) is 6.04 Å². The predicted molar refractivity (Wildman–Crippen MR) is 147 cm³/mol. The second-order valence-electron chi connectivity index (χ2n) is 9.33. The molecule has 3 aromatic carbocycles. The van der Waals surface area contributed by atoms with E-state index >= 15 is 0 Å². The van der Waals surface area contributed by atoms with Gasteiger partial charge < -0.3 is 26.2 Å². The van der Waals surface area contributed by atoms with Gasteiger partial charge in [-0.25, -0.2) is 4.98 Å². The van der Waals surface area contributed by atoms with Crippen LogP contribution in [-0.2, 0) is 11.2 Å². The maximum Gasteiger partial charge on any atom is 0.429 e. The van der Waals surface area contributed by atoms with E-state index in [0.717, 1.165) is 0 Å². The van der Waals surface area contributed by atoms with E-state index in [1.165, 1.54) is 6.07 Å². The van der Waals surface area contributed by atoms with E-state index in [1.807, 2.05) is 0 Å². The fraction of sp³-hybridized carbons (Fsp3) is 0.207. The van der Waals surface area contributed by atoms with Gasteiger partial charge in [0.2, 0.25) is 17.9 Å². The van der Waals surface area contributed by atoms with E-state index < -0.39 is 24.3 Å². The highest BCUT2D eigenvalue weighted by atomic mass is 19.4. The second-order valence-corrected chi connectivity index (χ2v) is 9.33. The smallest absolute Gasteiger partial charge is 0.429 e. The summed E-state index contributed by atoms with van der Waals surface area (Å²) < 4.78 is 49.7. The number of halogens is 3. The number of aromatic nitrogens is 2. The Morgan fingerprint density at radius 1 is 0.975 bits per heavy atom. The minimum atomic E-state index is -4.81. The summed E-state index contributed by atoms with van der Waals surface area (Å²) in [5, 5.41) is 9.03. The first kappa shape index (κ1) is 28.4. The Morgan fingerprint density at radius 2 is 1.65 bits per heavy atom. The van der Waals surface area contributed by atoms with Crippen molar-refractivity contribution in [2.24, 2.45) is 5.73 Å². The Balaban J connectivity index is 1.75. The highest BCUT2D eigenvalue weighted by molar-refractivity contribution is 5.76. The number of carboxylic acids is 1. The fourth-order valence-electron chi connectivity index (χ4n) is 4.30. The quantitative estimate of drug-likeness (QED) is 0.262. The molecule has 4 rings (SSSR count). The van der Waals surface area contributed by atoms with Crippen LogP contribution in [0.3, 0.4) is 0 Å². The minimum absolute atomic E-state index is 0.0657. The number of anilines is 2. The van der Waals surface area contributed by atoms with Gasteiger partial charge in [0, 0.05) is 37.0 Å². The van der Waals surface area contributed by atoms with Gasteiger partial charge in [0.05, 0.1) is 5.69 Å². The molecule has 0 amide bonds. The lowest BCUT2D eigenvalue weighted by Gasteiger charge is -2.28. The van der Waals surface area contributed by atoms with Crippen LogP contribution in [0.4, 0.5) is 24.8 Å². The Kier molecular flexibility index (Phi) is 8.24. The van der Waals surface area contributed by atoms with Crippen molar-refractivity contribution in [2.75, 3.05) is 24.7 Å². The Bertz CT molecular complexity index is 1480. The number of carbonyl (C=O) groups is 1. The summed E-state index contributed by atoms with van der Waals surface area (Å²) in [6.45, 7) is 0. The zero-order valence-corrected chi connectivity index (χ0v) is 21.8. The molecule has 0 saturated carbocycles.